The molecule has 2 N–H and O–H groups in total. The Hall–Kier alpha value is -0.0705. The van der Waals surface area contributed by atoms with E-state index in [1.54, 1.807) is 0 Å². The Morgan fingerprint density at radius 2 is 0.786 bits per heavy atom. The minimum atomic E-state index is -5.93. The van der Waals surface area contributed by atoms with Crippen molar-refractivity contribution in [2.24, 2.45) is 4.75 Å². The second-order valence-electron chi connectivity index (χ2n) is 1.79. The van der Waals surface area contributed by atoms with E-state index < -0.39 is 11.0 Å². The molecule has 0 atom stereocenters. The van der Waals surface area contributed by atoms with Crippen LogP contribution in [0.25, 0.3) is 0 Å². The smallest absolute Gasteiger partial charge is 1.00 e. The Bertz CT molecular complexity index is 356. The first-order valence-corrected chi connectivity index (χ1v) is 5.60. The van der Waals surface area contributed by atoms with Gasteiger partial charge in [-0.2, -0.15) is 0 Å². The summed E-state index contributed by atoms with van der Waals surface area (Å²) in [5.74, 6) is 0. The molecule has 0 aromatic heterocycles. The van der Waals surface area contributed by atoms with Crippen LogP contribution >= 0.6 is 0 Å². The molecule has 0 radical (unpaired) electrons. The van der Waals surface area contributed by atoms with Crippen molar-refractivity contribution in [2.75, 3.05) is 0 Å². The van der Waals surface area contributed by atoms with E-state index in [9.17, 15) is 0 Å². The fourth-order valence-electron chi connectivity index (χ4n) is 0.177. The number of hydrogen-bond acceptors (Lipinski definition) is 6. The van der Waals surface area contributed by atoms with E-state index in [0.29, 0.717) is 0 Å². The molecule has 62 valence electrons. The summed E-state index contributed by atoms with van der Waals surface area (Å²) in [5.41, 5.74) is 0. The first-order valence-electron chi connectivity index (χ1n) is 2.21. The van der Waals surface area contributed by atoms with Crippen molar-refractivity contribution in [1.82, 2.24) is 0 Å². The van der Waals surface area contributed by atoms with Gasteiger partial charge in [0.05, 0.1) is 0 Å². The van der Waals surface area contributed by atoms with Crippen molar-refractivity contribution < 1.29 is 70.1 Å². The van der Waals surface area contributed by atoms with E-state index in [-0.39, 0.29) is 59.1 Å². The molecule has 6 nitrogen and oxygen atoms in total. The molecule has 0 aromatic rings. The Morgan fingerprint density at radius 1 is 0.643 bits per heavy atom. The maximum absolute atomic E-state index is 8.49. The van der Waals surface area contributed by atoms with Gasteiger partial charge in [-0.15, -0.1) is 0 Å². The van der Waals surface area contributed by atoms with Crippen molar-refractivity contribution in [3.8, 4) is 24.8 Å². The summed E-state index contributed by atoms with van der Waals surface area (Å²) in [4.78, 5) is 5.42. The molecule has 9 heteroatoms. The zero-order chi connectivity index (χ0) is 9.94. The van der Waals surface area contributed by atoms with Crippen LogP contribution in [0.2, 0.25) is 0 Å². The van der Waals surface area contributed by atoms with Gasteiger partial charge < -0.3 is 0 Å². The monoisotopic (exact) mass is 248 g/mol. The van der Waals surface area contributed by atoms with Crippen molar-refractivity contribution in [3.05, 3.63) is 0 Å². The molecule has 0 aromatic carbocycles. The molecule has 0 heterocycles. The van der Waals surface area contributed by atoms with Crippen molar-refractivity contribution in [2.45, 2.75) is 0 Å². The van der Waals surface area contributed by atoms with Gasteiger partial charge in [-0.05, 0) is 0 Å². The van der Waals surface area contributed by atoms with Crippen LogP contribution in [0.1, 0.15) is 0 Å². The molecule has 0 aliphatic rings. The predicted molar refractivity (Wildman–Crippen MR) is 32.3 cm³/mol. The van der Waals surface area contributed by atoms with E-state index >= 15 is 0 Å². The van der Waals surface area contributed by atoms with Crippen LogP contribution in [0.15, 0.2) is 0 Å². The van der Waals surface area contributed by atoms with Gasteiger partial charge in [0.25, 0.3) is 0 Å². The van der Waals surface area contributed by atoms with E-state index in [0.717, 1.165) is 24.8 Å². The average molecular weight is 248 g/mol. The zero-order valence-corrected chi connectivity index (χ0v) is 12.8. The van der Waals surface area contributed by atoms with Crippen LogP contribution < -0.4 is 63.9 Å². The third kappa shape index (κ3) is 2.29. The summed E-state index contributed by atoms with van der Waals surface area (Å²) in [6.45, 7) is 0. The van der Waals surface area contributed by atoms with Crippen molar-refractivity contribution >= 4 is 0 Å². The third-order valence-corrected chi connectivity index (χ3v) is 4.20. The summed E-state index contributed by atoms with van der Waals surface area (Å²) >= 11 is 0. The Kier molecular flexibility index (Phi) is 6.45. The number of nitriles is 5. The molecule has 0 aliphatic heterocycles. The van der Waals surface area contributed by atoms with Crippen LogP contribution in [-0.4, -0.2) is 0 Å². The summed E-state index contributed by atoms with van der Waals surface area (Å²) in [7, 11) is -5.93. The summed E-state index contributed by atoms with van der Waals surface area (Å²) in [6, 6.07) is 0. The Balaban J connectivity index is -0.000000605. The Labute approximate surface area is 124 Å². The van der Waals surface area contributed by atoms with Crippen molar-refractivity contribution in [3.63, 3.8) is 0 Å². The second kappa shape index (κ2) is 4.63. The van der Waals surface area contributed by atoms with Crippen LogP contribution in [0, 0.1) is 51.1 Å². The fraction of sp³-hybridized carbons (Fsp3) is 0. The van der Waals surface area contributed by atoms with Crippen LogP contribution in [-0.2, 0) is 11.0 Å². The second-order valence-corrected chi connectivity index (χ2v) is 7.38. The zero-order valence-electron chi connectivity index (χ0n) is 7.67. The van der Waals surface area contributed by atoms with Gasteiger partial charge in [-0.1, -0.05) is 0 Å². The van der Waals surface area contributed by atoms with Gasteiger partial charge in [0, 0.05) is 0 Å². The molecule has 0 amide bonds. The minimum absolute atomic E-state index is 0. The van der Waals surface area contributed by atoms with Gasteiger partial charge in [0.1, 0.15) is 0 Å². The molecular weight excluding hydrogens is 246 g/mol. The third-order valence-electron chi connectivity index (χ3n) is 1.02. The normalized spacial score (nSPS) is 12.3. The van der Waals surface area contributed by atoms with E-state index in [1.165, 1.54) is 0 Å². The van der Waals surface area contributed by atoms with Gasteiger partial charge in [0.15, 0.2) is 0 Å². The van der Waals surface area contributed by atoms with Crippen LogP contribution in [0.5, 0.6) is 0 Å². The first-order chi connectivity index (χ1) is 5.39. The standard InChI is InChI=1S/5CN.Fe.H2N.2Na/c5*1-2;;;;/h;;;;;;1H2;;/q;;;;;2*-1;2*+1. The van der Waals surface area contributed by atoms with Gasteiger partial charge in [0.2, 0.25) is 0 Å². The first kappa shape index (κ1) is 19.5. The predicted octanol–water partition coefficient (Wildman–Crippen LogP) is -6.50. The number of hydrogen-bond donors (Lipinski definition) is 1. The number of rotatable bonds is 0. The fourth-order valence-corrected chi connectivity index (χ4v) is 0.729. The minimum Gasteiger partial charge on any atom is 1.00 e. The molecule has 0 saturated carbocycles. The van der Waals surface area contributed by atoms with E-state index in [2.05, 4.69) is 0 Å². The summed E-state index contributed by atoms with van der Waals surface area (Å²) in [6.07, 6.45) is 0. The SMILES string of the molecule is N#[C][Fe-2]([NH2])([C]#N)([C]#N)([C]#N)[C]#N.[Na+].[Na+]. The molecule has 0 aliphatic carbocycles. The van der Waals surface area contributed by atoms with E-state index in [1.807, 2.05) is 0 Å². The maximum atomic E-state index is 8.49. The summed E-state index contributed by atoms with van der Waals surface area (Å²) in [5, 5.41) is 42.4. The molecule has 0 rings (SSSR count). The van der Waals surface area contributed by atoms with Crippen molar-refractivity contribution in [1.29, 1.82) is 26.3 Å². The topological polar surface area (TPSA) is 145 Å². The quantitative estimate of drug-likeness (QED) is 0.422. The molecule has 0 unspecified atom stereocenters. The van der Waals surface area contributed by atoms with Gasteiger partial charge >= 0.3 is 126 Å². The van der Waals surface area contributed by atoms with Crippen LogP contribution in [0.3, 0.4) is 0 Å². The van der Waals surface area contributed by atoms with E-state index in [4.69, 9.17) is 31.1 Å². The molecular formula is C5H2FeN6Na2. The molecule has 14 heavy (non-hydrogen) atoms. The maximum Gasteiger partial charge on any atom is 1.00 e. The number of nitrogens with zero attached hydrogens (tertiary/aromatic N) is 5. The summed E-state index contributed by atoms with van der Waals surface area (Å²) < 4.78 is 5.08. The molecule has 0 saturated heterocycles. The largest absolute Gasteiger partial charge is 1.00 e. The van der Waals surface area contributed by atoms with Crippen LogP contribution in [0.4, 0.5) is 0 Å². The Morgan fingerprint density at radius 3 is 0.786 bits per heavy atom. The van der Waals surface area contributed by atoms with Gasteiger partial charge in [-0.25, -0.2) is 0 Å². The molecule has 0 bridgehead atoms. The number of nitrogens with two attached hydrogens (primary N) is 1. The average Bonchev–Trinajstić information content (AvgIpc) is 2.19. The van der Waals surface area contributed by atoms with Gasteiger partial charge in [-0.3, -0.25) is 0 Å². The molecule has 0 spiro atoms. The molecule has 0 fully saturated rings.